The van der Waals surface area contributed by atoms with Crippen LogP contribution in [0.25, 0.3) is 0 Å². The van der Waals surface area contributed by atoms with Gasteiger partial charge in [0.25, 0.3) is 0 Å². The van der Waals surface area contributed by atoms with Gasteiger partial charge < -0.3 is 9.47 Å². The van der Waals surface area contributed by atoms with E-state index in [0.717, 1.165) is 48.8 Å². The zero-order valence-electron chi connectivity index (χ0n) is 13.6. The van der Waals surface area contributed by atoms with Gasteiger partial charge in [0.1, 0.15) is 5.75 Å². The maximum atomic E-state index is 6.03. The van der Waals surface area contributed by atoms with Crippen molar-refractivity contribution in [1.29, 1.82) is 0 Å². The van der Waals surface area contributed by atoms with E-state index in [0.29, 0.717) is 18.8 Å². The Hall–Kier alpha value is -1.03. The summed E-state index contributed by atoms with van der Waals surface area (Å²) in [5.41, 5.74) is 1.09. The van der Waals surface area contributed by atoms with Crippen molar-refractivity contribution in [1.82, 2.24) is 4.90 Å². The highest BCUT2D eigenvalue weighted by molar-refractivity contribution is 6.30. The molecule has 3 nitrogen and oxygen atoms in total. The lowest BCUT2D eigenvalue weighted by atomic mass is 10.1. The monoisotopic (exact) mass is 323 g/mol. The predicted molar refractivity (Wildman–Crippen MR) is 91.9 cm³/mol. The SMILES string of the molecule is C=CCc1cc(Cl)ccc1OCCCN1C[C@@H](C)O[C@H](C)C1. The zero-order chi connectivity index (χ0) is 15.9. The molecule has 1 heterocycles. The molecular weight excluding hydrogens is 298 g/mol. The lowest BCUT2D eigenvalue weighted by molar-refractivity contribution is -0.0686. The van der Waals surface area contributed by atoms with Crippen molar-refractivity contribution in [2.24, 2.45) is 0 Å². The second-order valence-corrected chi connectivity index (χ2v) is 6.40. The van der Waals surface area contributed by atoms with E-state index < -0.39 is 0 Å². The zero-order valence-corrected chi connectivity index (χ0v) is 14.3. The van der Waals surface area contributed by atoms with E-state index in [1.165, 1.54) is 0 Å². The van der Waals surface area contributed by atoms with Crippen molar-refractivity contribution in [3.63, 3.8) is 0 Å². The number of ether oxygens (including phenoxy) is 2. The minimum atomic E-state index is 0.320. The average Bonchev–Trinajstić information content (AvgIpc) is 2.45. The van der Waals surface area contributed by atoms with Crippen molar-refractivity contribution in [2.75, 3.05) is 26.2 Å². The van der Waals surface area contributed by atoms with E-state index in [2.05, 4.69) is 25.3 Å². The number of hydrogen-bond acceptors (Lipinski definition) is 3. The second-order valence-electron chi connectivity index (χ2n) is 5.96. The highest BCUT2D eigenvalue weighted by atomic mass is 35.5. The second kappa shape index (κ2) is 8.56. The lowest BCUT2D eigenvalue weighted by Crippen LogP contribution is -2.45. The molecule has 0 saturated carbocycles. The first-order valence-electron chi connectivity index (χ1n) is 7.98. The number of benzene rings is 1. The minimum Gasteiger partial charge on any atom is -0.493 e. The Kier molecular flexibility index (Phi) is 6.74. The summed E-state index contributed by atoms with van der Waals surface area (Å²) in [5.74, 6) is 0.910. The Morgan fingerprint density at radius 2 is 2.09 bits per heavy atom. The minimum absolute atomic E-state index is 0.320. The van der Waals surface area contributed by atoms with Gasteiger partial charge in [-0.25, -0.2) is 0 Å². The van der Waals surface area contributed by atoms with Crippen LogP contribution in [0.4, 0.5) is 0 Å². The highest BCUT2D eigenvalue weighted by Crippen LogP contribution is 2.24. The van der Waals surface area contributed by atoms with E-state index >= 15 is 0 Å². The van der Waals surface area contributed by atoms with Gasteiger partial charge in [-0.05, 0) is 50.5 Å². The molecule has 22 heavy (non-hydrogen) atoms. The van der Waals surface area contributed by atoms with E-state index in [1.807, 2.05) is 24.3 Å². The Labute approximate surface area is 138 Å². The Bertz CT molecular complexity index is 482. The molecule has 0 aromatic heterocycles. The summed E-state index contributed by atoms with van der Waals surface area (Å²) >= 11 is 6.03. The molecule has 0 radical (unpaired) electrons. The predicted octanol–water partition coefficient (Wildman–Crippen LogP) is 3.95. The van der Waals surface area contributed by atoms with Crippen molar-refractivity contribution in [2.45, 2.75) is 38.9 Å². The molecule has 1 aromatic rings. The summed E-state index contributed by atoms with van der Waals surface area (Å²) in [6.45, 7) is 11.8. The third-order valence-corrected chi connectivity index (χ3v) is 3.99. The molecule has 1 saturated heterocycles. The van der Waals surface area contributed by atoms with Crippen LogP contribution >= 0.6 is 11.6 Å². The van der Waals surface area contributed by atoms with E-state index in [1.54, 1.807) is 0 Å². The molecule has 0 unspecified atom stereocenters. The van der Waals surface area contributed by atoms with E-state index in [-0.39, 0.29) is 0 Å². The first-order valence-corrected chi connectivity index (χ1v) is 8.36. The molecule has 2 atom stereocenters. The molecule has 0 N–H and O–H groups in total. The number of rotatable bonds is 7. The molecule has 1 aliphatic heterocycles. The molecule has 0 amide bonds. The third kappa shape index (κ3) is 5.31. The molecule has 2 rings (SSSR count). The van der Waals surface area contributed by atoms with Gasteiger partial charge in [-0.1, -0.05) is 17.7 Å². The number of hydrogen-bond donors (Lipinski definition) is 0. The summed E-state index contributed by atoms with van der Waals surface area (Å²) in [4.78, 5) is 2.45. The van der Waals surface area contributed by atoms with Crippen LogP contribution in [0.3, 0.4) is 0 Å². The fourth-order valence-corrected chi connectivity index (χ4v) is 3.14. The first kappa shape index (κ1) is 17.3. The molecule has 1 aliphatic rings. The van der Waals surface area contributed by atoms with Crippen LogP contribution in [-0.2, 0) is 11.2 Å². The number of allylic oxidation sites excluding steroid dienone is 1. The molecule has 0 aliphatic carbocycles. The largest absolute Gasteiger partial charge is 0.493 e. The first-order chi connectivity index (χ1) is 10.6. The van der Waals surface area contributed by atoms with Crippen LogP contribution < -0.4 is 4.74 Å². The molecular formula is C18H26ClNO2. The quantitative estimate of drug-likeness (QED) is 0.560. The molecule has 4 heteroatoms. The van der Waals surface area contributed by atoms with Gasteiger partial charge in [0.15, 0.2) is 0 Å². The summed E-state index contributed by atoms with van der Waals surface area (Å²) < 4.78 is 11.7. The lowest BCUT2D eigenvalue weighted by Gasteiger charge is -2.35. The smallest absolute Gasteiger partial charge is 0.122 e. The summed E-state index contributed by atoms with van der Waals surface area (Å²) in [5, 5.41) is 0.737. The van der Waals surface area contributed by atoms with Crippen LogP contribution in [0.1, 0.15) is 25.8 Å². The molecule has 1 fully saturated rings. The van der Waals surface area contributed by atoms with Crippen LogP contribution in [0, 0.1) is 0 Å². The summed E-state index contributed by atoms with van der Waals surface area (Å²) in [6.07, 6.45) is 4.29. The summed E-state index contributed by atoms with van der Waals surface area (Å²) in [6, 6.07) is 5.76. The van der Waals surface area contributed by atoms with Crippen molar-refractivity contribution in [3.05, 3.63) is 41.4 Å². The van der Waals surface area contributed by atoms with Crippen LogP contribution in [0.2, 0.25) is 5.02 Å². The molecule has 0 spiro atoms. The van der Waals surface area contributed by atoms with Crippen molar-refractivity contribution in [3.8, 4) is 5.75 Å². The highest BCUT2D eigenvalue weighted by Gasteiger charge is 2.21. The maximum absolute atomic E-state index is 6.03. The summed E-state index contributed by atoms with van der Waals surface area (Å²) in [7, 11) is 0. The molecule has 0 bridgehead atoms. The average molecular weight is 324 g/mol. The van der Waals surface area contributed by atoms with Gasteiger partial charge in [0, 0.05) is 24.7 Å². The standard InChI is InChI=1S/C18H26ClNO2/c1-4-6-16-11-17(19)7-8-18(16)21-10-5-9-20-12-14(2)22-15(3)13-20/h4,7-8,11,14-15H,1,5-6,9-10,12-13H2,2-3H3/t14-,15-/m1/s1. The Balaban J connectivity index is 1.78. The van der Waals surface area contributed by atoms with Crippen LogP contribution in [-0.4, -0.2) is 43.3 Å². The van der Waals surface area contributed by atoms with Gasteiger partial charge >= 0.3 is 0 Å². The van der Waals surface area contributed by atoms with Gasteiger partial charge in [-0.2, -0.15) is 0 Å². The van der Waals surface area contributed by atoms with E-state index in [4.69, 9.17) is 21.1 Å². The van der Waals surface area contributed by atoms with Crippen LogP contribution in [0.15, 0.2) is 30.9 Å². The number of nitrogens with zero attached hydrogens (tertiary/aromatic N) is 1. The topological polar surface area (TPSA) is 21.7 Å². The third-order valence-electron chi connectivity index (χ3n) is 3.76. The fraction of sp³-hybridized carbons (Fsp3) is 0.556. The molecule has 122 valence electrons. The maximum Gasteiger partial charge on any atom is 0.122 e. The van der Waals surface area contributed by atoms with Gasteiger partial charge in [0.05, 0.1) is 18.8 Å². The number of morpholine rings is 1. The van der Waals surface area contributed by atoms with Gasteiger partial charge in [0.2, 0.25) is 0 Å². The normalized spacial score (nSPS) is 22.5. The van der Waals surface area contributed by atoms with Gasteiger partial charge in [-0.15, -0.1) is 6.58 Å². The van der Waals surface area contributed by atoms with Crippen molar-refractivity contribution >= 4 is 11.6 Å². The Morgan fingerprint density at radius 3 is 2.77 bits per heavy atom. The van der Waals surface area contributed by atoms with Crippen molar-refractivity contribution < 1.29 is 9.47 Å². The Morgan fingerprint density at radius 1 is 1.36 bits per heavy atom. The molecule has 1 aromatic carbocycles. The van der Waals surface area contributed by atoms with Crippen LogP contribution in [0.5, 0.6) is 5.75 Å². The number of halogens is 1. The van der Waals surface area contributed by atoms with E-state index in [9.17, 15) is 0 Å². The van der Waals surface area contributed by atoms with Gasteiger partial charge in [-0.3, -0.25) is 4.90 Å². The fourth-order valence-electron chi connectivity index (χ4n) is 2.94.